The zero-order chi connectivity index (χ0) is 22.0. The predicted octanol–water partition coefficient (Wildman–Crippen LogP) is 1.28. The van der Waals surface area contributed by atoms with Gasteiger partial charge in [0.2, 0.25) is 0 Å². The van der Waals surface area contributed by atoms with Crippen LogP contribution < -0.4 is 9.64 Å². The van der Waals surface area contributed by atoms with Gasteiger partial charge in [-0.1, -0.05) is 12.1 Å². The van der Waals surface area contributed by atoms with E-state index < -0.39 is 17.7 Å². The SMILES string of the molecule is COc1ccc(C(O)=C2C(=O)C(=O)N(CC[NH+](C)C)C2c2ccc(O)cc2)cc1C. The smallest absolute Gasteiger partial charge is 0.295 e. The van der Waals surface area contributed by atoms with Crippen LogP contribution >= 0.6 is 0 Å². The monoisotopic (exact) mass is 411 g/mol. The van der Waals surface area contributed by atoms with Crippen LogP contribution in [0.1, 0.15) is 22.7 Å². The quantitative estimate of drug-likeness (QED) is 0.378. The number of rotatable bonds is 6. The molecule has 3 N–H and O–H groups in total. The number of nitrogens with one attached hydrogen (secondary N) is 1. The van der Waals surface area contributed by atoms with Crippen LogP contribution in [-0.2, 0) is 9.59 Å². The van der Waals surface area contributed by atoms with Crippen molar-refractivity contribution in [3.05, 3.63) is 64.7 Å². The first kappa shape index (κ1) is 21.4. The number of quaternary nitrogens is 1. The summed E-state index contributed by atoms with van der Waals surface area (Å²) in [5, 5.41) is 20.7. The zero-order valence-corrected chi connectivity index (χ0v) is 17.6. The van der Waals surface area contributed by atoms with Crippen LogP contribution in [0.3, 0.4) is 0 Å². The van der Waals surface area contributed by atoms with Gasteiger partial charge in [-0.3, -0.25) is 9.59 Å². The summed E-state index contributed by atoms with van der Waals surface area (Å²) in [5.41, 5.74) is 1.93. The number of carbonyl (C=O) groups excluding carboxylic acids is 2. The molecule has 2 aromatic carbocycles. The number of aliphatic hydroxyl groups excluding tert-OH is 1. The lowest BCUT2D eigenvalue weighted by Crippen LogP contribution is -3.06. The molecule has 1 aliphatic rings. The molecule has 1 unspecified atom stereocenters. The number of nitrogens with zero attached hydrogens (tertiary/aromatic N) is 1. The number of amides is 1. The van der Waals surface area contributed by atoms with E-state index in [0.717, 1.165) is 10.5 Å². The minimum atomic E-state index is -0.729. The van der Waals surface area contributed by atoms with Crippen molar-refractivity contribution >= 4 is 17.4 Å². The number of hydrogen-bond donors (Lipinski definition) is 3. The third-order valence-electron chi connectivity index (χ3n) is 5.27. The van der Waals surface area contributed by atoms with Crippen LogP contribution in [0.15, 0.2) is 48.0 Å². The summed E-state index contributed by atoms with van der Waals surface area (Å²) in [7, 11) is 5.49. The highest BCUT2D eigenvalue weighted by atomic mass is 16.5. The second-order valence-corrected chi connectivity index (χ2v) is 7.73. The fraction of sp³-hybridized carbons (Fsp3) is 0.304. The average molecular weight is 411 g/mol. The summed E-state index contributed by atoms with van der Waals surface area (Å²) in [6, 6.07) is 10.7. The Balaban J connectivity index is 2.14. The Labute approximate surface area is 175 Å². The van der Waals surface area contributed by atoms with Gasteiger partial charge < -0.3 is 24.7 Å². The molecule has 7 heteroatoms. The maximum absolute atomic E-state index is 12.9. The van der Waals surface area contributed by atoms with E-state index in [1.165, 1.54) is 17.0 Å². The molecule has 0 bridgehead atoms. The van der Waals surface area contributed by atoms with Crippen molar-refractivity contribution in [1.82, 2.24) is 4.90 Å². The first-order chi connectivity index (χ1) is 14.2. The second kappa shape index (κ2) is 8.59. The van der Waals surface area contributed by atoms with Crippen LogP contribution in [0, 0.1) is 6.92 Å². The van der Waals surface area contributed by atoms with Crippen molar-refractivity contribution in [2.24, 2.45) is 0 Å². The van der Waals surface area contributed by atoms with E-state index >= 15 is 0 Å². The van der Waals surface area contributed by atoms with Crippen molar-refractivity contribution in [3.8, 4) is 11.5 Å². The molecule has 0 aromatic heterocycles. The molecular formula is C23H27N2O5+. The van der Waals surface area contributed by atoms with E-state index in [1.807, 2.05) is 21.0 Å². The zero-order valence-electron chi connectivity index (χ0n) is 17.6. The number of hydrogen-bond acceptors (Lipinski definition) is 5. The minimum absolute atomic E-state index is 0.0454. The molecule has 1 amide bonds. The van der Waals surface area contributed by atoms with Crippen molar-refractivity contribution in [2.75, 3.05) is 34.3 Å². The van der Waals surface area contributed by atoms with Gasteiger partial charge in [-0.05, 0) is 48.4 Å². The number of likely N-dealkylation sites (tertiary alicyclic amines) is 1. The van der Waals surface area contributed by atoms with Gasteiger partial charge in [0.1, 0.15) is 17.3 Å². The predicted molar refractivity (Wildman–Crippen MR) is 113 cm³/mol. The molecule has 0 saturated carbocycles. The molecule has 0 aliphatic carbocycles. The number of carbonyl (C=O) groups is 2. The van der Waals surface area contributed by atoms with Gasteiger partial charge in [0.05, 0.1) is 45.9 Å². The molecule has 1 saturated heterocycles. The fourth-order valence-corrected chi connectivity index (χ4v) is 3.64. The second-order valence-electron chi connectivity index (χ2n) is 7.73. The molecule has 30 heavy (non-hydrogen) atoms. The Morgan fingerprint density at radius 3 is 2.37 bits per heavy atom. The average Bonchev–Trinajstić information content (AvgIpc) is 2.96. The number of Topliss-reactive ketones (excluding diaryl/α,β-unsaturated/α-hetero) is 1. The molecule has 2 aromatic rings. The Morgan fingerprint density at radius 2 is 1.80 bits per heavy atom. The Kier molecular flexibility index (Phi) is 6.12. The van der Waals surface area contributed by atoms with E-state index in [4.69, 9.17) is 4.74 Å². The number of ether oxygens (including phenoxy) is 1. The summed E-state index contributed by atoms with van der Waals surface area (Å²) in [6.07, 6.45) is 0. The molecule has 1 fully saturated rings. The fourth-order valence-electron chi connectivity index (χ4n) is 3.64. The number of methoxy groups -OCH3 is 1. The number of aliphatic hydroxyl groups is 1. The maximum atomic E-state index is 12.9. The van der Waals surface area contributed by atoms with E-state index in [0.29, 0.717) is 30.0 Å². The van der Waals surface area contributed by atoms with E-state index in [-0.39, 0.29) is 17.1 Å². The third kappa shape index (κ3) is 4.02. The maximum Gasteiger partial charge on any atom is 0.295 e. The van der Waals surface area contributed by atoms with Crippen LogP contribution in [0.5, 0.6) is 11.5 Å². The molecule has 3 rings (SSSR count). The first-order valence-corrected chi connectivity index (χ1v) is 9.76. The lowest BCUT2D eigenvalue weighted by atomic mass is 9.94. The van der Waals surface area contributed by atoms with Crippen LogP contribution in [-0.4, -0.2) is 61.1 Å². The van der Waals surface area contributed by atoms with Crippen molar-refractivity contribution < 1.29 is 29.4 Å². The van der Waals surface area contributed by atoms with Crippen molar-refractivity contribution in [2.45, 2.75) is 13.0 Å². The third-order valence-corrected chi connectivity index (χ3v) is 5.27. The Bertz CT molecular complexity index is 995. The molecule has 1 heterocycles. The number of phenols is 1. The number of phenolic OH excluding ortho intramolecular Hbond substituents is 1. The summed E-state index contributed by atoms with van der Waals surface area (Å²) < 4.78 is 5.26. The number of ketones is 1. The number of likely N-dealkylation sites (N-methyl/N-ethyl adjacent to an activating group) is 1. The molecule has 1 atom stereocenters. The van der Waals surface area contributed by atoms with Crippen molar-refractivity contribution in [3.63, 3.8) is 0 Å². The van der Waals surface area contributed by atoms with Crippen molar-refractivity contribution in [1.29, 1.82) is 0 Å². The van der Waals surface area contributed by atoms with E-state index in [1.54, 1.807) is 37.4 Å². The van der Waals surface area contributed by atoms with Gasteiger partial charge >= 0.3 is 0 Å². The summed E-state index contributed by atoms with van der Waals surface area (Å²) in [5.74, 6) is -0.832. The van der Waals surface area contributed by atoms with E-state index in [2.05, 4.69) is 0 Å². The van der Waals surface area contributed by atoms with Gasteiger partial charge in [0.25, 0.3) is 11.7 Å². The molecule has 0 spiro atoms. The molecule has 0 radical (unpaired) electrons. The van der Waals surface area contributed by atoms with E-state index in [9.17, 15) is 19.8 Å². The van der Waals surface area contributed by atoms with Gasteiger partial charge in [0, 0.05) is 5.56 Å². The summed E-state index contributed by atoms with van der Waals surface area (Å²) >= 11 is 0. The molecule has 158 valence electrons. The lowest BCUT2D eigenvalue weighted by Gasteiger charge is -2.25. The number of aromatic hydroxyl groups is 1. The Morgan fingerprint density at radius 1 is 1.13 bits per heavy atom. The minimum Gasteiger partial charge on any atom is -0.508 e. The van der Waals surface area contributed by atoms with Gasteiger partial charge in [0.15, 0.2) is 0 Å². The lowest BCUT2D eigenvalue weighted by molar-refractivity contribution is -0.857. The first-order valence-electron chi connectivity index (χ1n) is 9.76. The standard InChI is InChI=1S/C23H26N2O5/c1-14-13-16(7-10-18(14)30-4)21(27)19-20(15-5-8-17(26)9-6-15)25(12-11-24(2)3)23(29)22(19)28/h5-10,13,20,26-27H,11-12H2,1-4H3/p+1. The topological polar surface area (TPSA) is 91.5 Å². The summed E-state index contributed by atoms with van der Waals surface area (Å²) in [6.45, 7) is 2.84. The molecule has 1 aliphatic heterocycles. The summed E-state index contributed by atoms with van der Waals surface area (Å²) in [4.78, 5) is 28.4. The van der Waals surface area contributed by atoms with Gasteiger partial charge in [-0.2, -0.15) is 0 Å². The number of benzene rings is 2. The Hall–Kier alpha value is -3.32. The highest BCUT2D eigenvalue weighted by Crippen LogP contribution is 2.39. The van der Waals surface area contributed by atoms with Crippen LogP contribution in [0.25, 0.3) is 5.76 Å². The van der Waals surface area contributed by atoms with Gasteiger partial charge in [-0.15, -0.1) is 0 Å². The number of aryl methyl sites for hydroxylation is 1. The van der Waals surface area contributed by atoms with Crippen LogP contribution in [0.4, 0.5) is 0 Å². The normalized spacial score (nSPS) is 18.3. The van der Waals surface area contributed by atoms with Crippen LogP contribution in [0.2, 0.25) is 0 Å². The molecular weight excluding hydrogens is 384 g/mol. The largest absolute Gasteiger partial charge is 0.508 e. The van der Waals surface area contributed by atoms with Gasteiger partial charge in [-0.25, -0.2) is 0 Å². The highest BCUT2D eigenvalue weighted by molar-refractivity contribution is 6.46. The highest BCUT2D eigenvalue weighted by Gasteiger charge is 2.46. The molecule has 7 nitrogen and oxygen atoms in total.